The molecule has 2 rings (SSSR count). The van der Waals surface area contributed by atoms with Gasteiger partial charge in [0.25, 0.3) is 0 Å². The van der Waals surface area contributed by atoms with Gasteiger partial charge in [0.15, 0.2) is 17.2 Å². The molecule has 2 aromatic heterocycles. The number of Topliss-reactive ketones (excluding diaryl/α,β-unsaturated/α-hetero) is 1. The number of hydrogen-bond donors (Lipinski definition) is 1. The van der Waals surface area contributed by atoms with Crippen LogP contribution in [0.1, 0.15) is 38.1 Å². The molecular weight excluding hydrogens is 260 g/mol. The normalized spacial score (nSPS) is 11.4. The van der Waals surface area contributed by atoms with Gasteiger partial charge >= 0.3 is 6.09 Å². The Kier molecular flexibility index (Phi) is 3.44. The number of carbonyl (C=O) groups excluding carboxylic acids is 2. The Morgan fingerprint density at radius 1 is 1.35 bits per heavy atom. The fourth-order valence-corrected chi connectivity index (χ4v) is 1.70. The molecular formula is C13H16N4O3. The molecule has 0 unspecified atom stereocenters. The second-order valence-corrected chi connectivity index (χ2v) is 5.29. The summed E-state index contributed by atoms with van der Waals surface area (Å²) in [5.74, 6) is -0.0878. The first-order valence-electron chi connectivity index (χ1n) is 6.12. The van der Waals surface area contributed by atoms with Crippen molar-refractivity contribution in [2.45, 2.75) is 33.3 Å². The molecule has 0 fully saturated rings. The first kappa shape index (κ1) is 14.0. The van der Waals surface area contributed by atoms with Crippen molar-refractivity contribution in [3.63, 3.8) is 0 Å². The molecule has 2 heterocycles. The molecule has 0 aliphatic rings. The summed E-state index contributed by atoms with van der Waals surface area (Å²) in [7, 11) is 0. The first-order chi connectivity index (χ1) is 9.28. The molecule has 0 spiro atoms. The molecule has 0 aromatic carbocycles. The number of aromatic nitrogens is 3. The maximum Gasteiger partial charge on any atom is 0.413 e. The van der Waals surface area contributed by atoms with Gasteiger partial charge < -0.3 is 4.74 Å². The quantitative estimate of drug-likeness (QED) is 0.850. The zero-order chi connectivity index (χ0) is 14.9. The van der Waals surface area contributed by atoms with Crippen molar-refractivity contribution in [1.82, 2.24) is 14.6 Å². The SMILES string of the molecule is CC(=O)c1c(NC(=O)OC(C)(C)C)nn2cccnc12. The summed E-state index contributed by atoms with van der Waals surface area (Å²) >= 11 is 0. The third-order valence-electron chi connectivity index (χ3n) is 2.37. The van der Waals surface area contributed by atoms with Gasteiger partial charge in [-0.1, -0.05) is 0 Å². The fraction of sp³-hybridized carbons (Fsp3) is 0.385. The van der Waals surface area contributed by atoms with Crippen LogP contribution in [0.5, 0.6) is 0 Å². The van der Waals surface area contributed by atoms with Gasteiger partial charge in [-0.25, -0.2) is 14.3 Å². The van der Waals surface area contributed by atoms with Gasteiger partial charge in [-0.05, 0) is 33.8 Å². The van der Waals surface area contributed by atoms with E-state index in [9.17, 15) is 9.59 Å². The highest BCUT2D eigenvalue weighted by Crippen LogP contribution is 2.20. The van der Waals surface area contributed by atoms with Crippen molar-refractivity contribution < 1.29 is 14.3 Å². The highest BCUT2D eigenvalue weighted by atomic mass is 16.6. The summed E-state index contributed by atoms with van der Waals surface area (Å²) in [6.07, 6.45) is 2.54. The van der Waals surface area contributed by atoms with Crippen LogP contribution in [-0.4, -0.2) is 32.1 Å². The summed E-state index contributed by atoms with van der Waals surface area (Å²) < 4.78 is 6.58. The number of anilines is 1. The highest BCUT2D eigenvalue weighted by Gasteiger charge is 2.22. The largest absolute Gasteiger partial charge is 0.444 e. The average Bonchev–Trinajstić information content (AvgIpc) is 2.63. The molecule has 0 saturated heterocycles. The van der Waals surface area contributed by atoms with Crippen LogP contribution >= 0.6 is 0 Å². The Balaban J connectivity index is 2.37. The summed E-state index contributed by atoms with van der Waals surface area (Å²) in [4.78, 5) is 27.6. The maximum absolute atomic E-state index is 11.8. The number of nitrogens with zero attached hydrogens (tertiary/aromatic N) is 3. The van der Waals surface area contributed by atoms with Crippen LogP contribution in [0.25, 0.3) is 5.65 Å². The third kappa shape index (κ3) is 2.93. The van der Waals surface area contributed by atoms with E-state index in [-0.39, 0.29) is 17.2 Å². The van der Waals surface area contributed by atoms with Crippen molar-refractivity contribution in [2.24, 2.45) is 0 Å². The lowest BCUT2D eigenvalue weighted by Crippen LogP contribution is -2.27. The fourth-order valence-electron chi connectivity index (χ4n) is 1.70. The molecule has 0 radical (unpaired) electrons. The minimum atomic E-state index is -0.664. The van der Waals surface area contributed by atoms with E-state index in [1.165, 1.54) is 11.4 Å². The van der Waals surface area contributed by atoms with Crippen LogP contribution in [0, 0.1) is 0 Å². The molecule has 2 aromatic rings. The number of rotatable bonds is 2. The third-order valence-corrected chi connectivity index (χ3v) is 2.37. The van der Waals surface area contributed by atoms with Gasteiger partial charge in [-0.15, -0.1) is 5.10 Å². The highest BCUT2D eigenvalue weighted by molar-refractivity contribution is 6.06. The number of nitrogens with one attached hydrogen (secondary N) is 1. The first-order valence-corrected chi connectivity index (χ1v) is 6.12. The number of hydrogen-bond acceptors (Lipinski definition) is 5. The minimum Gasteiger partial charge on any atom is -0.444 e. The van der Waals surface area contributed by atoms with E-state index in [1.807, 2.05) is 0 Å². The Labute approximate surface area is 115 Å². The predicted octanol–water partition coefficient (Wildman–Crippen LogP) is 2.28. The van der Waals surface area contributed by atoms with E-state index in [0.29, 0.717) is 5.65 Å². The van der Waals surface area contributed by atoms with Gasteiger partial charge in [0.2, 0.25) is 0 Å². The topological polar surface area (TPSA) is 85.6 Å². The minimum absolute atomic E-state index is 0.144. The summed E-state index contributed by atoms with van der Waals surface area (Å²) in [6.45, 7) is 6.66. The van der Waals surface area contributed by atoms with E-state index < -0.39 is 11.7 Å². The zero-order valence-electron chi connectivity index (χ0n) is 11.8. The van der Waals surface area contributed by atoms with Crippen LogP contribution in [-0.2, 0) is 4.74 Å². The number of ketones is 1. The zero-order valence-corrected chi connectivity index (χ0v) is 11.8. The van der Waals surface area contributed by atoms with Gasteiger partial charge in [0, 0.05) is 12.4 Å². The molecule has 0 aliphatic heterocycles. The number of amides is 1. The Morgan fingerprint density at radius 3 is 2.65 bits per heavy atom. The Morgan fingerprint density at radius 2 is 2.05 bits per heavy atom. The van der Waals surface area contributed by atoms with Crippen LogP contribution < -0.4 is 5.32 Å². The second-order valence-electron chi connectivity index (χ2n) is 5.29. The molecule has 7 heteroatoms. The van der Waals surface area contributed by atoms with E-state index in [1.54, 1.807) is 39.2 Å². The van der Waals surface area contributed by atoms with Crippen LogP contribution in [0.3, 0.4) is 0 Å². The van der Waals surface area contributed by atoms with Gasteiger partial charge in [0.05, 0.1) is 0 Å². The van der Waals surface area contributed by atoms with Gasteiger partial charge in [0.1, 0.15) is 11.2 Å². The van der Waals surface area contributed by atoms with E-state index in [0.717, 1.165) is 0 Å². The number of ether oxygens (including phenoxy) is 1. The Bertz CT molecular complexity index is 670. The summed E-state index contributed by atoms with van der Waals surface area (Å²) in [6, 6.07) is 1.68. The Hall–Kier alpha value is -2.44. The molecule has 106 valence electrons. The molecule has 0 bridgehead atoms. The molecule has 0 aliphatic carbocycles. The molecule has 20 heavy (non-hydrogen) atoms. The van der Waals surface area contributed by atoms with Crippen molar-refractivity contribution in [2.75, 3.05) is 5.32 Å². The molecule has 0 atom stereocenters. The van der Waals surface area contributed by atoms with Crippen LogP contribution in [0.4, 0.5) is 10.6 Å². The van der Waals surface area contributed by atoms with E-state index >= 15 is 0 Å². The summed E-state index contributed by atoms with van der Waals surface area (Å²) in [5, 5.41) is 6.61. The second kappa shape index (κ2) is 4.92. The predicted molar refractivity (Wildman–Crippen MR) is 72.8 cm³/mol. The van der Waals surface area contributed by atoms with Gasteiger partial charge in [-0.3, -0.25) is 10.1 Å². The lowest BCUT2D eigenvalue weighted by Gasteiger charge is -2.19. The standard InChI is InChI=1S/C13H16N4O3/c1-8(18)9-10(15-12(19)20-13(2,3)4)16-17-7-5-6-14-11(9)17/h5-7H,1-4H3,(H,15,16,19). The molecule has 1 amide bonds. The van der Waals surface area contributed by atoms with E-state index in [2.05, 4.69) is 15.4 Å². The van der Waals surface area contributed by atoms with Crippen molar-refractivity contribution in [3.05, 3.63) is 24.0 Å². The lowest BCUT2D eigenvalue weighted by atomic mass is 10.2. The number of fused-ring (bicyclic) bond motifs is 1. The van der Waals surface area contributed by atoms with Crippen LogP contribution in [0.2, 0.25) is 0 Å². The molecule has 1 N–H and O–H groups in total. The molecule has 0 saturated carbocycles. The maximum atomic E-state index is 11.8. The molecule has 7 nitrogen and oxygen atoms in total. The number of carbonyl (C=O) groups is 2. The summed E-state index contributed by atoms with van der Waals surface area (Å²) in [5.41, 5.74) is 0.0280. The lowest BCUT2D eigenvalue weighted by molar-refractivity contribution is 0.0635. The van der Waals surface area contributed by atoms with Gasteiger partial charge in [-0.2, -0.15) is 0 Å². The van der Waals surface area contributed by atoms with Crippen molar-refractivity contribution in [3.8, 4) is 0 Å². The van der Waals surface area contributed by atoms with Crippen LogP contribution in [0.15, 0.2) is 18.5 Å². The van der Waals surface area contributed by atoms with E-state index in [4.69, 9.17) is 4.74 Å². The monoisotopic (exact) mass is 276 g/mol. The smallest absolute Gasteiger partial charge is 0.413 e. The average molecular weight is 276 g/mol. The van der Waals surface area contributed by atoms with Crippen molar-refractivity contribution in [1.29, 1.82) is 0 Å². The van der Waals surface area contributed by atoms with Crippen molar-refractivity contribution >= 4 is 23.3 Å².